The smallest absolute Gasteiger partial charge is 0.216 e. The molecule has 2 nitrogen and oxygen atoms in total. The maximum absolute atomic E-state index is 2.50. The van der Waals surface area contributed by atoms with Crippen LogP contribution in [-0.2, 0) is 19.4 Å². The number of anilines is 1. The zero-order valence-electron chi connectivity index (χ0n) is 15.3. The summed E-state index contributed by atoms with van der Waals surface area (Å²) in [6, 6.07) is 17.9. The van der Waals surface area contributed by atoms with Crippen molar-refractivity contribution in [3.63, 3.8) is 0 Å². The van der Waals surface area contributed by atoms with Gasteiger partial charge < -0.3 is 28.9 Å². The van der Waals surface area contributed by atoms with E-state index in [1.54, 1.807) is 0 Å². The molecule has 0 spiro atoms. The Morgan fingerprint density at radius 1 is 1.04 bits per heavy atom. The van der Waals surface area contributed by atoms with Crippen LogP contribution in [0.15, 0.2) is 54.2 Å². The van der Waals surface area contributed by atoms with Crippen LogP contribution in [0.1, 0.15) is 28.8 Å². The van der Waals surface area contributed by atoms with Gasteiger partial charge in [-0.3, -0.25) is 0 Å². The summed E-state index contributed by atoms with van der Waals surface area (Å²) in [5.74, 6) is 0. The Kier molecular flexibility index (Phi) is 4.51. The fraction of sp³-hybridized carbons (Fsp3) is 0.261. The van der Waals surface area contributed by atoms with Crippen LogP contribution in [-0.4, -0.2) is 7.05 Å². The van der Waals surface area contributed by atoms with Crippen LogP contribution < -0.4 is 33.4 Å². The van der Waals surface area contributed by atoms with E-state index in [0.29, 0.717) is 0 Å². The number of likely N-dealkylation sites (N-methyl/N-ethyl adjacent to an activating group) is 1. The van der Waals surface area contributed by atoms with Gasteiger partial charge in [-0.15, -0.1) is 0 Å². The van der Waals surface area contributed by atoms with E-state index >= 15 is 0 Å². The van der Waals surface area contributed by atoms with E-state index < -0.39 is 0 Å². The van der Waals surface area contributed by atoms with E-state index in [2.05, 4.69) is 78.0 Å². The first-order chi connectivity index (χ1) is 12.2. The highest BCUT2D eigenvalue weighted by Crippen LogP contribution is 2.35. The lowest BCUT2D eigenvalue weighted by Gasteiger charge is -2.17. The molecule has 26 heavy (non-hydrogen) atoms. The zero-order chi connectivity index (χ0) is 17.0. The number of pyridine rings is 1. The molecule has 132 valence electrons. The van der Waals surface area contributed by atoms with Gasteiger partial charge in [-0.05, 0) is 35.8 Å². The maximum Gasteiger partial charge on any atom is 0.216 e. The number of halogens is 1. The van der Waals surface area contributed by atoms with Gasteiger partial charge in [-0.2, -0.15) is 4.57 Å². The highest BCUT2D eigenvalue weighted by molar-refractivity contribution is 5.89. The second-order valence-electron chi connectivity index (χ2n) is 7.31. The average Bonchev–Trinajstić information content (AvgIpc) is 2.95. The predicted molar refractivity (Wildman–Crippen MR) is 104 cm³/mol. The van der Waals surface area contributed by atoms with Gasteiger partial charge in [0.25, 0.3) is 0 Å². The van der Waals surface area contributed by atoms with Gasteiger partial charge in [-0.25, -0.2) is 0 Å². The number of rotatable bonds is 1. The van der Waals surface area contributed by atoms with E-state index in [-0.39, 0.29) is 24.0 Å². The Morgan fingerprint density at radius 3 is 2.69 bits per heavy atom. The molecule has 0 radical (unpaired) electrons. The summed E-state index contributed by atoms with van der Waals surface area (Å²) in [5, 5.41) is 1.39. The molecule has 0 amide bonds. The second-order valence-corrected chi connectivity index (χ2v) is 7.31. The minimum atomic E-state index is 0. The fourth-order valence-corrected chi connectivity index (χ4v) is 4.52. The summed E-state index contributed by atoms with van der Waals surface area (Å²) in [5.41, 5.74) is 9.79. The summed E-state index contributed by atoms with van der Waals surface area (Å²) in [6.45, 7) is 3.39. The lowest BCUT2D eigenvalue weighted by molar-refractivity contribution is -0.680. The largest absolute Gasteiger partial charge is 1.00 e. The minimum absolute atomic E-state index is 0. The number of fused-ring (bicyclic) bond motifs is 1. The quantitative estimate of drug-likeness (QED) is 0.399. The van der Waals surface area contributed by atoms with Crippen LogP contribution in [0.4, 0.5) is 5.69 Å². The van der Waals surface area contributed by atoms with Crippen molar-refractivity contribution in [1.29, 1.82) is 0 Å². The van der Waals surface area contributed by atoms with Crippen molar-refractivity contribution in [2.45, 2.75) is 32.7 Å². The topological polar surface area (TPSA) is 7.12 Å². The minimum Gasteiger partial charge on any atom is -1.00 e. The third-order valence-corrected chi connectivity index (χ3v) is 5.80. The fourth-order valence-electron chi connectivity index (χ4n) is 4.52. The van der Waals surface area contributed by atoms with Crippen LogP contribution >= 0.6 is 0 Å². The molecule has 2 aliphatic rings. The van der Waals surface area contributed by atoms with Crippen LogP contribution in [0.25, 0.3) is 17.0 Å². The van der Waals surface area contributed by atoms with Crippen LogP contribution in [0.2, 0.25) is 0 Å². The first-order valence-corrected chi connectivity index (χ1v) is 9.19. The SMILES string of the molecule is Cc1cc(C=C2Cc3ccccc3N2C)c2cccc3c2[n+]1CCC3.[I-]. The van der Waals surface area contributed by atoms with Crippen LogP contribution in [0.3, 0.4) is 0 Å². The van der Waals surface area contributed by atoms with Crippen molar-refractivity contribution in [2.24, 2.45) is 0 Å². The number of hydrogen-bond donors (Lipinski definition) is 0. The van der Waals surface area contributed by atoms with Crippen LogP contribution in [0.5, 0.6) is 0 Å². The summed E-state index contributed by atoms with van der Waals surface area (Å²) in [4.78, 5) is 2.34. The Bertz CT molecular complexity index is 1040. The summed E-state index contributed by atoms with van der Waals surface area (Å²) >= 11 is 0. The first kappa shape index (κ1) is 17.5. The number of benzene rings is 2. The van der Waals surface area contributed by atoms with Gasteiger partial charge >= 0.3 is 0 Å². The lowest BCUT2D eigenvalue weighted by atomic mass is 9.97. The van der Waals surface area contributed by atoms with Crippen molar-refractivity contribution in [2.75, 3.05) is 11.9 Å². The van der Waals surface area contributed by atoms with Crippen molar-refractivity contribution in [3.05, 3.63) is 76.6 Å². The molecule has 3 heteroatoms. The molecule has 0 saturated heterocycles. The summed E-state index contributed by atoms with van der Waals surface area (Å²) in [7, 11) is 2.18. The predicted octanol–water partition coefficient (Wildman–Crippen LogP) is 1.42. The lowest BCUT2D eigenvalue weighted by Crippen LogP contribution is -3.00. The van der Waals surface area contributed by atoms with Gasteiger partial charge in [-0.1, -0.05) is 30.3 Å². The maximum atomic E-state index is 2.50. The summed E-state index contributed by atoms with van der Waals surface area (Å²) < 4.78 is 2.50. The molecule has 3 heterocycles. The van der Waals surface area contributed by atoms with Gasteiger partial charge in [0.15, 0.2) is 5.69 Å². The Morgan fingerprint density at radius 2 is 1.85 bits per heavy atom. The second kappa shape index (κ2) is 6.69. The van der Waals surface area contributed by atoms with Crippen molar-refractivity contribution in [3.8, 4) is 0 Å². The monoisotopic (exact) mass is 454 g/mol. The number of hydrogen-bond acceptors (Lipinski definition) is 1. The third kappa shape index (κ3) is 2.64. The molecule has 2 aromatic carbocycles. The van der Waals surface area contributed by atoms with E-state index in [9.17, 15) is 0 Å². The van der Waals surface area contributed by atoms with Crippen LogP contribution in [0, 0.1) is 6.92 Å². The van der Waals surface area contributed by atoms with E-state index in [1.165, 1.54) is 57.5 Å². The molecule has 0 fully saturated rings. The molecule has 0 aliphatic carbocycles. The summed E-state index contributed by atoms with van der Waals surface area (Å²) in [6.07, 6.45) is 5.85. The van der Waals surface area contributed by atoms with E-state index in [1.807, 2.05) is 0 Å². The normalized spacial score (nSPS) is 16.7. The first-order valence-electron chi connectivity index (χ1n) is 9.19. The Balaban J connectivity index is 0.00000168. The van der Waals surface area contributed by atoms with Gasteiger partial charge in [0, 0.05) is 49.8 Å². The van der Waals surface area contributed by atoms with Crippen molar-refractivity contribution >= 4 is 22.7 Å². The van der Waals surface area contributed by atoms with Crippen molar-refractivity contribution < 1.29 is 28.5 Å². The molecular formula is C23H23IN2. The molecule has 0 saturated carbocycles. The molecule has 0 atom stereocenters. The molecular weight excluding hydrogens is 431 g/mol. The van der Waals surface area contributed by atoms with E-state index in [0.717, 1.165) is 13.0 Å². The Hall–Kier alpha value is -1.88. The highest BCUT2D eigenvalue weighted by Gasteiger charge is 2.25. The Labute approximate surface area is 172 Å². The standard InChI is InChI=1S/C23H23N2.HI/c1-16-13-19(15-20-14-18-7-3-4-11-22(18)24(20)2)21-10-5-8-17-9-6-12-25(16)23(17)21;/h3-5,7-8,10-11,13,15H,6,9,12,14H2,1-2H3;1H/q+1;/p-1. The number of nitrogens with zero attached hydrogens (tertiary/aromatic N) is 2. The van der Waals surface area contributed by atoms with Crippen molar-refractivity contribution in [1.82, 2.24) is 0 Å². The zero-order valence-corrected chi connectivity index (χ0v) is 17.5. The van der Waals surface area contributed by atoms with E-state index in [4.69, 9.17) is 0 Å². The number of para-hydroxylation sites is 2. The number of aromatic nitrogens is 1. The highest BCUT2D eigenvalue weighted by atomic mass is 127. The van der Waals surface area contributed by atoms with Gasteiger partial charge in [0.1, 0.15) is 6.54 Å². The number of aryl methyl sites for hydroxylation is 3. The molecule has 2 aliphatic heterocycles. The molecule has 3 aromatic rings. The average molecular weight is 454 g/mol. The van der Waals surface area contributed by atoms with Gasteiger partial charge in [0.2, 0.25) is 5.52 Å². The number of allylic oxidation sites excluding steroid dienone is 1. The molecule has 5 rings (SSSR count). The molecule has 0 bridgehead atoms. The van der Waals surface area contributed by atoms with Gasteiger partial charge in [0.05, 0.1) is 5.39 Å². The third-order valence-electron chi connectivity index (χ3n) is 5.80. The molecule has 0 N–H and O–H groups in total. The molecule has 0 unspecified atom stereocenters. The molecule has 1 aromatic heterocycles.